The van der Waals surface area contributed by atoms with Gasteiger partial charge in [0.2, 0.25) is 0 Å². The van der Waals surface area contributed by atoms with Crippen molar-refractivity contribution in [2.45, 2.75) is 64.8 Å². The molecule has 0 bridgehead atoms. The van der Waals surface area contributed by atoms with Crippen LogP contribution in [0.15, 0.2) is 0 Å². The first kappa shape index (κ1) is 17.2. The Hall–Kier alpha value is -0.120. The van der Waals surface area contributed by atoms with Crippen molar-refractivity contribution >= 4 is 0 Å². The van der Waals surface area contributed by atoms with Gasteiger partial charge < -0.3 is 15.0 Å². The van der Waals surface area contributed by atoms with E-state index in [0.717, 1.165) is 12.5 Å². The second kappa shape index (κ2) is 7.43. The van der Waals surface area contributed by atoms with Crippen LogP contribution >= 0.6 is 0 Å². The molecule has 1 atom stereocenters. The number of hydrogen-bond acceptors (Lipinski definition) is 3. The van der Waals surface area contributed by atoms with Crippen molar-refractivity contribution < 1.29 is 4.74 Å². The van der Waals surface area contributed by atoms with Crippen LogP contribution in [0.3, 0.4) is 0 Å². The normalized spacial score (nSPS) is 27.1. The minimum Gasteiger partial charge on any atom is -0.384 e. The molecule has 21 heavy (non-hydrogen) atoms. The van der Waals surface area contributed by atoms with Gasteiger partial charge in [-0.05, 0) is 64.3 Å². The van der Waals surface area contributed by atoms with E-state index in [9.17, 15) is 0 Å². The van der Waals surface area contributed by atoms with E-state index in [-0.39, 0.29) is 5.54 Å². The van der Waals surface area contributed by atoms with Gasteiger partial charge in [0, 0.05) is 32.3 Å². The zero-order valence-electron chi connectivity index (χ0n) is 14.7. The molecule has 2 aliphatic rings. The third-order valence-corrected chi connectivity index (χ3v) is 5.22. The van der Waals surface area contributed by atoms with Crippen LogP contribution in [0.2, 0.25) is 0 Å². The fraction of sp³-hybridized carbons (Fsp3) is 1.00. The fourth-order valence-electron chi connectivity index (χ4n) is 4.11. The molecule has 0 spiro atoms. The lowest BCUT2D eigenvalue weighted by atomic mass is 9.83. The van der Waals surface area contributed by atoms with Crippen molar-refractivity contribution in [3.63, 3.8) is 0 Å². The van der Waals surface area contributed by atoms with Gasteiger partial charge in [0.05, 0.1) is 6.61 Å². The second-order valence-corrected chi connectivity index (χ2v) is 8.51. The molecule has 2 rings (SSSR count). The van der Waals surface area contributed by atoms with Gasteiger partial charge in [0.25, 0.3) is 0 Å². The number of nitrogens with one attached hydrogen (secondary N) is 1. The SMILES string of the molecule is COCC1CCCN(CC2(CNC(C)(C)C)CCCC2)C1. The molecule has 0 radical (unpaired) electrons. The van der Waals surface area contributed by atoms with E-state index in [1.165, 1.54) is 64.7 Å². The summed E-state index contributed by atoms with van der Waals surface area (Å²) in [7, 11) is 1.84. The minimum atomic E-state index is 0.232. The summed E-state index contributed by atoms with van der Waals surface area (Å²) in [6, 6.07) is 0. The van der Waals surface area contributed by atoms with Gasteiger partial charge in [-0.25, -0.2) is 0 Å². The van der Waals surface area contributed by atoms with Crippen LogP contribution < -0.4 is 5.32 Å². The van der Waals surface area contributed by atoms with Crippen molar-refractivity contribution in [2.75, 3.05) is 39.9 Å². The summed E-state index contributed by atoms with van der Waals surface area (Å²) in [6.45, 7) is 12.8. The maximum absolute atomic E-state index is 5.38. The van der Waals surface area contributed by atoms with Crippen LogP contribution in [0.5, 0.6) is 0 Å². The molecule has 1 saturated carbocycles. The summed E-state index contributed by atoms with van der Waals surface area (Å²) in [5.41, 5.74) is 0.748. The van der Waals surface area contributed by atoms with Crippen molar-refractivity contribution in [1.82, 2.24) is 10.2 Å². The standard InChI is InChI=1S/C18H36N2O/c1-17(2,3)19-14-18(9-5-6-10-18)15-20-11-7-8-16(12-20)13-21-4/h16,19H,5-15H2,1-4H3. The molecule has 0 aromatic carbocycles. The van der Waals surface area contributed by atoms with Crippen molar-refractivity contribution in [3.05, 3.63) is 0 Å². The Morgan fingerprint density at radius 3 is 2.52 bits per heavy atom. The largest absolute Gasteiger partial charge is 0.384 e. The van der Waals surface area contributed by atoms with Gasteiger partial charge in [-0.3, -0.25) is 0 Å². The number of ether oxygens (including phenoxy) is 1. The summed E-state index contributed by atoms with van der Waals surface area (Å²) in [5, 5.41) is 3.78. The zero-order chi connectivity index (χ0) is 15.3. The van der Waals surface area contributed by atoms with Gasteiger partial charge >= 0.3 is 0 Å². The molecule has 0 aromatic heterocycles. The first-order valence-electron chi connectivity index (χ1n) is 8.89. The molecule has 3 nitrogen and oxygen atoms in total. The van der Waals surface area contributed by atoms with E-state index in [2.05, 4.69) is 31.0 Å². The quantitative estimate of drug-likeness (QED) is 0.814. The molecule has 0 aromatic rings. The summed E-state index contributed by atoms with van der Waals surface area (Å²) in [6.07, 6.45) is 8.33. The first-order chi connectivity index (χ1) is 9.92. The highest BCUT2D eigenvalue weighted by molar-refractivity contribution is 4.92. The highest BCUT2D eigenvalue weighted by Crippen LogP contribution is 2.39. The summed E-state index contributed by atoms with van der Waals surface area (Å²) in [5.74, 6) is 0.748. The van der Waals surface area contributed by atoms with Gasteiger partial charge in [-0.15, -0.1) is 0 Å². The Balaban J connectivity index is 1.89. The van der Waals surface area contributed by atoms with Crippen LogP contribution in [-0.2, 0) is 4.74 Å². The molecule has 1 aliphatic carbocycles. The van der Waals surface area contributed by atoms with Crippen LogP contribution in [0.25, 0.3) is 0 Å². The smallest absolute Gasteiger partial charge is 0.0502 e. The number of piperidine rings is 1. The highest BCUT2D eigenvalue weighted by Gasteiger charge is 2.37. The lowest BCUT2D eigenvalue weighted by Crippen LogP contribution is -2.49. The average Bonchev–Trinajstić information content (AvgIpc) is 2.86. The molecule has 1 unspecified atom stereocenters. The Morgan fingerprint density at radius 1 is 1.19 bits per heavy atom. The van der Waals surface area contributed by atoms with Crippen LogP contribution in [0, 0.1) is 11.3 Å². The second-order valence-electron chi connectivity index (χ2n) is 8.51. The maximum atomic E-state index is 5.38. The van der Waals surface area contributed by atoms with E-state index < -0.39 is 0 Å². The molecular weight excluding hydrogens is 260 g/mol. The molecular formula is C18H36N2O. The van der Waals surface area contributed by atoms with Gasteiger partial charge in [-0.2, -0.15) is 0 Å². The van der Waals surface area contributed by atoms with E-state index in [1.807, 2.05) is 7.11 Å². The molecule has 1 aliphatic heterocycles. The molecule has 0 amide bonds. The monoisotopic (exact) mass is 296 g/mol. The topological polar surface area (TPSA) is 24.5 Å². The van der Waals surface area contributed by atoms with Crippen LogP contribution in [0.1, 0.15) is 59.3 Å². The number of hydrogen-bond donors (Lipinski definition) is 1. The lowest BCUT2D eigenvalue weighted by Gasteiger charge is -2.41. The summed E-state index contributed by atoms with van der Waals surface area (Å²) in [4.78, 5) is 2.73. The maximum Gasteiger partial charge on any atom is 0.0502 e. The Bertz CT molecular complexity index is 303. The molecule has 1 heterocycles. The number of likely N-dealkylation sites (tertiary alicyclic amines) is 1. The van der Waals surface area contributed by atoms with Crippen molar-refractivity contribution in [1.29, 1.82) is 0 Å². The Morgan fingerprint density at radius 2 is 1.90 bits per heavy atom. The molecule has 2 fully saturated rings. The summed E-state index contributed by atoms with van der Waals surface area (Å²) >= 11 is 0. The molecule has 1 N–H and O–H groups in total. The van der Waals surface area contributed by atoms with Gasteiger partial charge in [0.1, 0.15) is 0 Å². The Labute approximate surface area is 131 Å². The predicted octanol–water partition coefficient (Wildman–Crippen LogP) is 3.29. The summed E-state index contributed by atoms with van der Waals surface area (Å²) < 4.78 is 5.38. The van der Waals surface area contributed by atoms with Crippen LogP contribution in [0.4, 0.5) is 0 Å². The van der Waals surface area contributed by atoms with E-state index in [4.69, 9.17) is 4.74 Å². The first-order valence-corrected chi connectivity index (χ1v) is 8.89. The Kier molecular flexibility index (Phi) is 6.10. The fourth-order valence-corrected chi connectivity index (χ4v) is 4.11. The highest BCUT2D eigenvalue weighted by atomic mass is 16.5. The average molecular weight is 296 g/mol. The number of nitrogens with zero attached hydrogens (tertiary/aromatic N) is 1. The van der Waals surface area contributed by atoms with E-state index in [0.29, 0.717) is 5.41 Å². The van der Waals surface area contributed by atoms with E-state index >= 15 is 0 Å². The van der Waals surface area contributed by atoms with E-state index in [1.54, 1.807) is 0 Å². The predicted molar refractivity (Wildman–Crippen MR) is 89.7 cm³/mol. The number of methoxy groups -OCH3 is 1. The minimum absolute atomic E-state index is 0.232. The van der Waals surface area contributed by atoms with Crippen molar-refractivity contribution in [3.8, 4) is 0 Å². The zero-order valence-corrected chi connectivity index (χ0v) is 14.7. The lowest BCUT2D eigenvalue weighted by molar-refractivity contribution is 0.0613. The molecule has 3 heteroatoms. The molecule has 124 valence electrons. The third-order valence-electron chi connectivity index (χ3n) is 5.22. The van der Waals surface area contributed by atoms with Gasteiger partial charge in [-0.1, -0.05) is 12.8 Å². The third kappa shape index (κ3) is 5.54. The van der Waals surface area contributed by atoms with Gasteiger partial charge in [0.15, 0.2) is 0 Å². The number of rotatable bonds is 6. The molecule has 1 saturated heterocycles. The van der Waals surface area contributed by atoms with Crippen molar-refractivity contribution in [2.24, 2.45) is 11.3 Å². The van der Waals surface area contributed by atoms with Crippen LogP contribution in [-0.4, -0.2) is 50.3 Å².